The van der Waals surface area contributed by atoms with Crippen molar-refractivity contribution >= 4 is 6.09 Å². The van der Waals surface area contributed by atoms with E-state index in [2.05, 4.69) is 4.74 Å². The van der Waals surface area contributed by atoms with Crippen LogP contribution in [0.5, 0.6) is 0 Å². The molecule has 1 aromatic carbocycles. The van der Waals surface area contributed by atoms with Crippen molar-refractivity contribution in [3.05, 3.63) is 35.4 Å². The molecule has 1 saturated heterocycles. The molecule has 170 valence electrons. The highest BCUT2D eigenvalue weighted by molar-refractivity contribution is 5.68. The Kier molecular flexibility index (Phi) is 7.28. The van der Waals surface area contributed by atoms with E-state index in [0.29, 0.717) is 12.1 Å². The molecule has 1 aliphatic rings. The molecule has 30 heavy (non-hydrogen) atoms. The highest BCUT2D eigenvalue weighted by Gasteiger charge is 2.37. The van der Waals surface area contributed by atoms with Gasteiger partial charge in [-0.1, -0.05) is 12.1 Å². The molecular weight excluding hydrogens is 418 g/mol. The van der Waals surface area contributed by atoms with Crippen LogP contribution in [0, 0.1) is 0 Å². The Morgan fingerprint density at radius 3 is 2.13 bits per heavy atom. The van der Waals surface area contributed by atoms with Crippen LogP contribution in [0.25, 0.3) is 0 Å². The van der Waals surface area contributed by atoms with Gasteiger partial charge in [-0.2, -0.15) is 13.2 Å². The van der Waals surface area contributed by atoms with Crippen LogP contribution in [0.3, 0.4) is 0 Å². The van der Waals surface area contributed by atoms with Crippen molar-refractivity contribution < 1.29 is 40.6 Å². The van der Waals surface area contributed by atoms with Crippen molar-refractivity contribution in [1.29, 1.82) is 0 Å². The zero-order chi connectivity index (χ0) is 22.7. The quantitative estimate of drug-likeness (QED) is 0.636. The van der Waals surface area contributed by atoms with Crippen LogP contribution in [0.15, 0.2) is 24.3 Å². The summed E-state index contributed by atoms with van der Waals surface area (Å²) >= 11 is 0. The van der Waals surface area contributed by atoms with Gasteiger partial charge in [0.25, 0.3) is 0 Å². The topological polar surface area (TPSA) is 42.0 Å². The molecule has 0 aromatic heterocycles. The second kappa shape index (κ2) is 9.01. The number of carbonyl (C=O) groups is 1. The zero-order valence-corrected chi connectivity index (χ0v) is 16.8. The highest BCUT2D eigenvalue weighted by Crippen LogP contribution is 2.29. The van der Waals surface area contributed by atoms with Gasteiger partial charge in [0.15, 0.2) is 0 Å². The minimum atomic E-state index is -4.85. The maximum atomic E-state index is 12.7. The van der Waals surface area contributed by atoms with Crippen molar-refractivity contribution in [2.24, 2.45) is 0 Å². The minimum Gasteiger partial charge on any atom is -0.444 e. The molecule has 0 bridgehead atoms. The first-order valence-corrected chi connectivity index (χ1v) is 9.23. The summed E-state index contributed by atoms with van der Waals surface area (Å²) in [6.45, 7) is 4.86. The lowest BCUT2D eigenvalue weighted by Gasteiger charge is -2.41. The summed E-state index contributed by atoms with van der Waals surface area (Å²) in [6.07, 6.45) is -10.0. The van der Waals surface area contributed by atoms with Crippen molar-refractivity contribution in [2.75, 3.05) is 26.2 Å². The number of alkyl halides is 6. The Hall–Kier alpha value is -2.01. The van der Waals surface area contributed by atoms with E-state index in [1.807, 2.05) is 0 Å². The average molecular weight is 442 g/mol. The fourth-order valence-electron chi connectivity index (χ4n) is 3.01. The van der Waals surface area contributed by atoms with Gasteiger partial charge < -0.3 is 9.64 Å². The number of nitrogens with zero attached hydrogens (tertiary/aromatic N) is 2. The lowest BCUT2D eigenvalue weighted by molar-refractivity contribution is -0.328. The molecule has 11 heteroatoms. The summed E-state index contributed by atoms with van der Waals surface area (Å²) in [7, 11) is 0. The van der Waals surface area contributed by atoms with E-state index in [1.54, 1.807) is 25.7 Å². The number of ether oxygens (including phenoxy) is 2. The summed E-state index contributed by atoms with van der Waals surface area (Å²) in [4.78, 5) is 15.3. The van der Waals surface area contributed by atoms with Gasteiger partial charge in [-0.15, -0.1) is 13.2 Å². The van der Waals surface area contributed by atoms with Gasteiger partial charge >= 0.3 is 18.6 Å². The molecule has 0 spiro atoms. The van der Waals surface area contributed by atoms with Crippen molar-refractivity contribution in [3.63, 3.8) is 0 Å². The number of amides is 1. The fraction of sp³-hybridized carbons (Fsp3) is 0.632. The summed E-state index contributed by atoms with van der Waals surface area (Å²) in [5.41, 5.74) is -1.02. The van der Waals surface area contributed by atoms with Crippen molar-refractivity contribution in [3.8, 4) is 0 Å². The molecule has 0 N–H and O–H groups in total. The summed E-state index contributed by atoms with van der Waals surface area (Å²) in [5.74, 6) is 0. The summed E-state index contributed by atoms with van der Waals surface area (Å²) in [6, 6.07) is 3.63. The first-order chi connectivity index (χ1) is 13.6. The van der Waals surface area contributed by atoms with Gasteiger partial charge in [0.1, 0.15) is 5.60 Å². The maximum absolute atomic E-state index is 12.7. The first-order valence-electron chi connectivity index (χ1n) is 9.23. The number of hydrogen-bond donors (Lipinski definition) is 0. The molecule has 1 fully saturated rings. The monoisotopic (exact) mass is 442 g/mol. The van der Waals surface area contributed by atoms with Crippen LogP contribution in [-0.4, -0.2) is 60.1 Å². The Labute approximate surface area is 170 Å². The van der Waals surface area contributed by atoms with Gasteiger partial charge in [-0.05, 0) is 38.5 Å². The third-order valence-corrected chi connectivity index (χ3v) is 4.32. The predicted molar refractivity (Wildman–Crippen MR) is 95.5 cm³/mol. The molecule has 1 amide bonds. The molecule has 0 radical (unpaired) electrons. The molecule has 0 aliphatic carbocycles. The third-order valence-electron chi connectivity index (χ3n) is 4.32. The Morgan fingerprint density at radius 1 is 1.03 bits per heavy atom. The minimum absolute atomic E-state index is 0.0519. The highest BCUT2D eigenvalue weighted by atomic mass is 19.4. The second-order valence-electron chi connectivity index (χ2n) is 8.01. The Balaban J connectivity index is 2.07. The van der Waals surface area contributed by atoms with Crippen LogP contribution in [-0.2, 0) is 22.2 Å². The molecule has 5 nitrogen and oxygen atoms in total. The van der Waals surface area contributed by atoms with Gasteiger partial charge in [-0.3, -0.25) is 9.64 Å². The summed E-state index contributed by atoms with van der Waals surface area (Å²) in [5, 5.41) is 0. The van der Waals surface area contributed by atoms with Crippen LogP contribution < -0.4 is 0 Å². The van der Waals surface area contributed by atoms with Crippen LogP contribution in [0.4, 0.5) is 31.1 Å². The van der Waals surface area contributed by atoms with Gasteiger partial charge in [0, 0.05) is 26.2 Å². The van der Waals surface area contributed by atoms with E-state index in [-0.39, 0.29) is 19.6 Å². The van der Waals surface area contributed by atoms with E-state index in [1.165, 1.54) is 17.0 Å². The van der Waals surface area contributed by atoms with Gasteiger partial charge in [-0.25, -0.2) is 4.79 Å². The third kappa shape index (κ3) is 7.67. The molecular formula is C19H24F6N2O3. The van der Waals surface area contributed by atoms with Crippen LogP contribution >= 0.6 is 0 Å². The first kappa shape index (κ1) is 24.3. The van der Waals surface area contributed by atoms with E-state index in [0.717, 1.165) is 12.1 Å². The molecule has 2 rings (SSSR count). The number of carbonyl (C=O) groups excluding carboxylic acids is 1. The van der Waals surface area contributed by atoms with Crippen LogP contribution in [0.1, 0.15) is 31.9 Å². The average Bonchev–Trinajstić information content (AvgIpc) is 2.57. The molecule has 1 atom stereocenters. The molecule has 0 unspecified atom stereocenters. The second-order valence-corrected chi connectivity index (χ2v) is 8.01. The standard InChI is InChI=1S/C19H24F6N2O3/c1-17(2,3)30-16(28)27-9-8-26(11-15(27)12-29-19(23,24)25)10-13-4-6-14(7-5-13)18(20,21)22/h4-7,15H,8-12H2,1-3H3/t15-/m0/s1. The smallest absolute Gasteiger partial charge is 0.444 e. The molecule has 1 heterocycles. The fourth-order valence-corrected chi connectivity index (χ4v) is 3.01. The van der Waals surface area contributed by atoms with Gasteiger partial charge in [0.05, 0.1) is 18.2 Å². The normalized spacial score (nSPS) is 19.1. The molecule has 0 saturated carbocycles. The number of halogens is 6. The number of benzene rings is 1. The van der Waals surface area contributed by atoms with Crippen LogP contribution in [0.2, 0.25) is 0 Å². The molecule has 1 aromatic rings. The van der Waals surface area contributed by atoms with E-state index >= 15 is 0 Å². The molecule has 1 aliphatic heterocycles. The van der Waals surface area contributed by atoms with Crippen molar-refractivity contribution in [2.45, 2.75) is 51.5 Å². The SMILES string of the molecule is CC(C)(C)OC(=O)N1CCN(Cc2ccc(C(F)(F)F)cc2)C[C@H]1COC(F)(F)F. The van der Waals surface area contributed by atoms with E-state index < -0.39 is 42.4 Å². The predicted octanol–water partition coefficient (Wildman–Crippen LogP) is 4.66. The lowest BCUT2D eigenvalue weighted by atomic mass is 10.1. The number of piperazine rings is 1. The lowest BCUT2D eigenvalue weighted by Crippen LogP contribution is -2.57. The Bertz CT molecular complexity index is 713. The number of hydrogen-bond acceptors (Lipinski definition) is 4. The van der Waals surface area contributed by atoms with Gasteiger partial charge in [0.2, 0.25) is 0 Å². The van der Waals surface area contributed by atoms with E-state index in [9.17, 15) is 31.1 Å². The zero-order valence-electron chi connectivity index (χ0n) is 16.8. The maximum Gasteiger partial charge on any atom is 0.522 e. The van der Waals surface area contributed by atoms with Crippen molar-refractivity contribution in [1.82, 2.24) is 9.80 Å². The summed E-state index contributed by atoms with van der Waals surface area (Å²) < 4.78 is 84.8. The van der Waals surface area contributed by atoms with E-state index in [4.69, 9.17) is 4.74 Å². The number of rotatable bonds is 4. The Morgan fingerprint density at radius 2 is 1.63 bits per heavy atom. The largest absolute Gasteiger partial charge is 0.522 e.